The van der Waals surface area contributed by atoms with Crippen LogP contribution in [0.3, 0.4) is 0 Å². The number of hydrogen-bond donors (Lipinski definition) is 3. The molecule has 1 saturated heterocycles. The van der Waals surface area contributed by atoms with Gasteiger partial charge < -0.3 is 25.3 Å². The molecule has 41 heavy (non-hydrogen) atoms. The first-order valence-electron chi connectivity index (χ1n) is 13.9. The van der Waals surface area contributed by atoms with Crippen LogP contribution in [0, 0.1) is 5.82 Å². The number of nitrogens with zero attached hydrogens (tertiary/aromatic N) is 6. The first-order chi connectivity index (χ1) is 20.0. The topological polar surface area (TPSA) is 125 Å². The molecule has 2 atom stereocenters. The highest BCUT2D eigenvalue weighted by Gasteiger charge is 2.26. The van der Waals surface area contributed by atoms with Crippen LogP contribution in [-0.2, 0) is 17.6 Å². The molecule has 5 aromatic rings. The second kappa shape index (κ2) is 10.4. The summed E-state index contributed by atoms with van der Waals surface area (Å²) in [6.07, 6.45) is 7.02. The van der Waals surface area contributed by atoms with Crippen LogP contribution in [0.1, 0.15) is 36.2 Å². The number of halogens is 1. The number of para-hydroxylation sites is 1. The number of urea groups is 1. The molecule has 4 aromatic heterocycles. The Balaban J connectivity index is 1.23. The predicted octanol–water partition coefficient (Wildman–Crippen LogP) is 3.88. The number of aromatic nitrogens is 6. The van der Waals surface area contributed by atoms with Gasteiger partial charge >= 0.3 is 6.03 Å². The summed E-state index contributed by atoms with van der Waals surface area (Å²) in [5.41, 5.74) is 5.44. The Labute approximate surface area is 235 Å². The number of nitrogens with one attached hydrogen (secondary N) is 3. The lowest BCUT2D eigenvalue weighted by Gasteiger charge is -2.28. The van der Waals surface area contributed by atoms with Gasteiger partial charge in [0.2, 0.25) is 5.95 Å². The zero-order chi connectivity index (χ0) is 27.9. The van der Waals surface area contributed by atoms with Crippen LogP contribution in [0.15, 0.2) is 48.9 Å². The largest absolute Gasteiger partial charge is 0.378 e. The normalized spacial score (nSPS) is 17.9. The molecule has 11 nitrogen and oxygen atoms in total. The standard InChI is InChI=1S/C29H30FN9O2/c1-17(33-29(40)38-8-10-41-11-9-38)23-16-32-39-27(23)36-26(18-12-19(30)15-31-14-18)37-28(39)34-20-6-7-25-22(13-20)21-4-2-3-5-24(21)35-25/h2-5,12,14-17,20,35H,6-11,13H2,1H3,(H,33,40)(H,34,36,37)/t17?,20-/m1/s1. The van der Waals surface area contributed by atoms with Gasteiger partial charge in [-0.1, -0.05) is 18.2 Å². The molecule has 5 heterocycles. The molecule has 0 saturated carbocycles. The Bertz CT molecular complexity index is 1740. The number of carbonyl (C=O) groups excluding carboxylic acids is 1. The molecule has 0 spiro atoms. The number of benzene rings is 1. The second-order valence-electron chi connectivity index (χ2n) is 10.6. The van der Waals surface area contributed by atoms with Crippen LogP contribution in [0.5, 0.6) is 0 Å². The molecule has 1 aliphatic carbocycles. The van der Waals surface area contributed by atoms with Gasteiger partial charge in [0.05, 0.1) is 31.6 Å². The van der Waals surface area contributed by atoms with E-state index >= 15 is 0 Å². The molecule has 210 valence electrons. The molecule has 7 rings (SSSR count). The van der Waals surface area contributed by atoms with Crippen molar-refractivity contribution in [1.82, 2.24) is 39.8 Å². The SMILES string of the molecule is CC(NC(=O)N1CCOCC1)c1cnn2c(N[C@@H]3CCc4[nH]c5ccccc5c4C3)nc(-c3cncc(F)c3)nc12. The number of hydrogen-bond acceptors (Lipinski definition) is 7. The maximum atomic E-state index is 14.1. The summed E-state index contributed by atoms with van der Waals surface area (Å²) < 4.78 is 21.2. The van der Waals surface area contributed by atoms with E-state index in [0.717, 1.165) is 36.5 Å². The molecule has 2 aliphatic rings. The number of rotatable bonds is 5. The fourth-order valence-electron chi connectivity index (χ4n) is 5.75. The molecular formula is C29H30FN9O2. The molecule has 2 amide bonds. The summed E-state index contributed by atoms with van der Waals surface area (Å²) >= 11 is 0. The zero-order valence-electron chi connectivity index (χ0n) is 22.6. The number of pyridine rings is 1. The first kappa shape index (κ1) is 25.4. The third-order valence-corrected chi connectivity index (χ3v) is 7.89. The van der Waals surface area contributed by atoms with Crippen molar-refractivity contribution in [2.45, 2.75) is 38.3 Å². The Morgan fingerprint density at radius 2 is 2.02 bits per heavy atom. The highest BCUT2D eigenvalue weighted by Crippen LogP contribution is 2.31. The molecule has 1 aromatic carbocycles. The molecule has 0 bridgehead atoms. The lowest BCUT2D eigenvalue weighted by atomic mass is 9.91. The van der Waals surface area contributed by atoms with E-state index in [4.69, 9.17) is 14.7 Å². The van der Waals surface area contributed by atoms with Crippen molar-refractivity contribution in [3.63, 3.8) is 0 Å². The molecule has 1 fully saturated rings. The number of amides is 2. The van der Waals surface area contributed by atoms with Gasteiger partial charge in [-0.15, -0.1) is 0 Å². The lowest BCUT2D eigenvalue weighted by molar-refractivity contribution is 0.0526. The van der Waals surface area contributed by atoms with E-state index in [1.54, 1.807) is 15.6 Å². The van der Waals surface area contributed by atoms with Crippen LogP contribution < -0.4 is 10.6 Å². The highest BCUT2D eigenvalue weighted by atomic mass is 19.1. The van der Waals surface area contributed by atoms with Crippen LogP contribution in [0.4, 0.5) is 15.1 Å². The van der Waals surface area contributed by atoms with E-state index < -0.39 is 5.82 Å². The fraction of sp³-hybridized carbons (Fsp3) is 0.345. The number of fused-ring (bicyclic) bond motifs is 4. The van der Waals surface area contributed by atoms with Crippen molar-refractivity contribution in [3.8, 4) is 11.4 Å². The van der Waals surface area contributed by atoms with Crippen LogP contribution in [0.25, 0.3) is 27.9 Å². The van der Waals surface area contributed by atoms with E-state index in [1.807, 2.05) is 13.0 Å². The van der Waals surface area contributed by atoms with Gasteiger partial charge in [-0.2, -0.15) is 14.6 Å². The maximum Gasteiger partial charge on any atom is 0.318 e. The van der Waals surface area contributed by atoms with Gasteiger partial charge in [-0.3, -0.25) is 4.98 Å². The maximum absolute atomic E-state index is 14.1. The number of anilines is 1. The smallest absolute Gasteiger partial charge is 0.318 e. The molecule has 3 N–H and O–H groups in total. The number of carbonyl (C=O) groups is 1. The first-order valence-corrected chi connectivity index (χ1v) is 13.9. The van der Waals surface area contributed by atoms with Crippen molar-refractivity contribution >= 4 is 28.5 Å². The number of aryl methyl sites for hydroxylation is 1. The van der Waals surface area contributed by atoms with E-state index in [0.29, 0.717) is 49.3 Å². The Hall–Kier alpha value is -4.58. The average molecular weight is 556 g/mol. The Morgan fingerprint density at radius 3 is 2.88 bits per heavy atom. The fourth-order valence-corrected chi connectivity index (χ4v) is 5.75. The lowest BCUT2D eigenvalue weighted by Crippen LogP contribution is -2.46. The van der Waals surface area contributed by atoms with Crippen molar-refractivity contribution < 1.29 is 13.9 Å². The molecule has 0 radical (unpaired) electrons. The summed E-state index contributed by atoms with van der Waals surface area (Å²) in [4.78, 5) is 31.7. The van der Waals surface area contributed by atoms with Crippen molar-refractivity contribution in [3.05, 3.63) is 71.6 Å². The Kier molecular flexibility index (Phi) is 6.46. The summed E-state index contributed by atoms with van der Waals surface area (Å²) in [7, 11) is 0. The summed E-state index contributed by atoms with van der Waals surface area (Å²) in [6.45, 7) is 4.02. The van der Waals surface area contributed by atoms with Crippen molar-refractivity contribution in [2.24, 2.45) is 0 Å². The van der Waals surface area contributed by atoms with E-state index in [-0.39, 0.29) is 18.1 Å². The van der Waals surface area contributed by atoms with Crippen LogP contribution in [-0.4, -0.2) is 72.8 Å². The molecule has 1 unspecified atom stereocenters. The molecular weight excluding hydrogens is 525 g/mol. The minimum Gasteiger partial charge on any atom is -0.378 e. The van der Waals surface area contributed by atoms with Gasteiger partial charge in [0, 0.05) is 53.1 Å². The zero-order valence-corrected chi connectivity index (χ0v) is 22.6. The van der Waals surface area contributed by atoms with Crippen molar-refractivity contribution in [1.29, 1.82) is 0 Å². The number of ether oxygens (including phenoxy) is 1. The Morgan fingerprint density at radius 1 is 1.17 bits per heavy atom. The monoisotopic (exact) mass is 555 g/mol. The van der Waals surface area contributed by atoms with Gasteiger partial charge in [-0.05, 0) is 43.9 Å². The third kappa shape index (κ3) is 4.84. The summed E-state index contributed by atoms with van der Waals surface area (Å²) in [6, 6.07) is 9.27. The number of H-pyrrole nitrogens is 1. The van der Waals surface area contributed by atoms with E-state index in [9.17, 15) is 9.18 Å². The summed E-state index contributed by atoms with van der Waals surface area (Å²) in [5, 5.41) is 12.5. The molecule has 1 aliphatic heterocycles. The van der Waals surface area contributed by atoms with Gasteiger partial charge in [0.15, 0.2) is 11.5 Å². The highest BCUT2D eigenvalue weighted by molar-refractivity contribution is 5.85. The van der Waals surface area contributed by atoms with Crippen molar-refractivity contribution in [2.75, 3.05) is 31.6 Å². The summed E-state index contributed by atoms with van der Waals surface area (Å²) in [5.74, 6) is 0.351. The number of aromatic amines is 1. The molecule has 12 heteroatoms. The van der Waals surface area contributed by atoms with E-state index in [2.05, 4.69) is 43.9 Å². The minimum atomic E-state index is -0.473. The van der Waals surface area contributed by atoms with Crippen LogP contribution in [0.2, 0.25) is 0 Å². The van der Waals surface area contributed by atoms with E-state index in [1.165, 1.54) is 28.9 Å². The average Bonchev–Trinajstić information content (AvgIpc) is 3.59. The van der Waals surface area contributed by atoms with Gasteiger partial charge in [0.25, 0.3) is 0 Å². The predicted molar refractivity (Wildman–Crippen MR) is 151 cm³/mol. The van der Waals surface area contributed by atoms with Crippen LogP contribution >= 0.6 is 0 Å². The second-order valence-corrected chi connectivity index (χ2v) is 10.6. The quantitative estimate of drug-likeness (QED) is 0.301. The van der Waals surface area contributed by atoms with Gasteiger partial charge in [0.1, 0.15) is 5.82 Å². The minimum absolute atomic E-state index is 0.101. The number of morpholine rings is 1. The third-order valence-electron chi connectivity index (χ3n) is 7.89. The van der Waals surface area contributed by atoms with Gasteiger partial charge in [-0.25, -0.2) is 14.2 Å².